The first-order valence-electron chi connectivity index (χ1n) is 5.38. The molecule has 0 unspecified atom stereocenters. The van der Waals surface area contributed by atoms with E-state index in [0.717, 1.165) is 16.9 Å². The molecule has 0 spiro atoms. The van der Waals surface area contributed by atoms with Gasteiger partial charge >= 0.3 is 0 Å². The minimum absolute atomic E-state index is 0.212. The summed E-state index contributed by atoms with van der Waals surface area (Å²) in [5.41, 5.74) is 8.26. The summed E-state index contributed by atoms with van der Waals surface area (Å²) < 4.78 is 2.59. The zero-order valence-corrected chi connectivity index (χ0v) is 10.9. The quantitative estimate of drug-likeness (QED) is 0.726. The van der Waals surface area contributed by atoms with E-state index in [1.807, 2.05) is 28.8 Å². The number of hydrogen-bond acceptors (Lipinski definition) is 3. The number of nitrogens with two attached hydrogens (primary N) is 1. The highest BCUT2D eigenvalue weighted by atomic mass is 79.9. The number of aromatic nitrogens is 2. The van der Waals surface area contributed by atoms with Crippen molar-refractivity contribution in [2.75, 3.05) is 5.73 Å². The number of hydrogen-bond donors (Lipinski definition) is 2. The number of phenolic OH excluding ortho intramolecular Hbond substituents is 1. The lowest BCUT2D eigenvalue weighted by atomic mass is 10.2. The number of nitrogen functional groups attached to an aromatic ring is 1. The van der Waals surface area contributed by atoms with Gasteiger partial charge in [0.15, 0.2) is 0 Å². The van der Waals surface area contributed by atoms with Gasteiger partial charge in [-0.15, -0.1) is 0 Å². The predicted molar refractivity (Wildman–Crippen MR) is 74.4 cm³/mol. The second-order valence-electron chi connectivity index (χ2n) is 3.96. The Bertz CT molecular complexity index is 736. The SMILES string of the molecule is Nc1cccn2c(-c3cccc(O)c3)nc(Br)c12. The van der Waals surface area contributed by atoms with Crippen LogP contribution in [0.1, 0.15) is 0 Å². The molecule has 0 atom stereocenters. The molecule has 90 valence electrons. The second kappa shape index (κ2) is 4.03. The van der Waals surface area contributed by atoms with Crippen molar-refractivity contribution in [3.63, 3.8) is 0 Å². The van der Waals surface area contributed by atoms with E-state index in [1.165, 1.54) is 0 Å². The largest absolute Gasteiger partial charge is 0.508 e. The molecule has 0 bridgehead atoms. The molecule has 18 heavy (non-hydrogen) atoms. The summed E-state index contributed by atoms with van der Waals surface area (Å²) in [5, 5.41) is 9.53. The summed E-state index contributed by atoms with van der Waals surface area (Å²) in [6.07, 6.45) is 1.89. The van der Waals surface area contributed by atoms with Crippen LogP contribution in [0.2, 0.25) is 0 Å². The van der Waals surface area contributed by atoms with Crippen LogP contribution in [-0.2, 0) is 0 Å². The Labute approximate surface area is 112 Å². The number of aromatic hydroxyl groups is 1. The average molecular weight is 304 g/mol. The van der Waals surface area contributed by atoms with Crippen molar-refractivity contribution in [1.82, 2.24) is 9.38 Å². The molecule has 2 heterocycles. The Balaban J connectivity index is 2.34. The molecular formula is C13H10BrN3O. The maximum Gasteiger partial charge on any atom is 0.146 e. The normalized spacial score (nSPS) is 10.9. The summed E-state index contributed by atoms with van der Waals surface area (Å²) in [7, 11) is 0. The van der Waals surface area contributed by atoms with Gasteiger partial charge in [-0.2, -0.15) is 0 Å². The molecule has 0 radical (unpaired) electrons. The van der Waals surface area contributed by atoms with Crippen molar-refractivity contribution >= 4 is 27.1 Å². The molecule has 0 saturated heterocycles. The van der Waals surface area contributed by atoms with Crippen molar-refractivity contribution in [2.45, 2.75) is 0 Å². The zero-order valence-electron chi connectivity index (χ0n) is 9.34. The third kappa shape index (κ3) is 1.64. The first-order chi connectivity index (χ1) is 8.66. The number of phenols is 1. The lowest BCUT2D eigenvalue weighted by Crippen LogP contribution is -1.92. The maximum absolute atomic E-state index is 9.53. The summed E-state index contributed by atoms with van der Waals surface area (Å²) in [5.74, 6) is 0.948. The van der Waals surface area contributed by atoms with Crippen LogP contribution in [0.5, 0.6) is 5.75 Å². The Morgan fingerprint density at radius 1 is 1.22 bits per heavy atom. The van der Waals surface area contributed by atoms with Crippen LogP contribution in [0.25, 0.3) is 16.9 Å². The summed E-state index contributed by atoms with van der Waals surface area (Å²) >= 11 is 3.41. The van der Waals surface area contributed by atoms with E-state index in [1.54, 1.807) is 18.2 Å². The molecule has 0 aliphatic rings. The molecule has 5 heteroatoms. The molecule has 0 aliphatic carbocycles. The van der Waals surface area contributed by atoms with Gasteiger partial charge in [0.05, 0.1) is 5.69 Å². The number of pyridine rings is 1. The molecule has 3 rings (SSSR count). The lowest BCUT2D eigenvalue weighted by molar-refractivity contribution is 0.475. The van der Waals surface area contributed by atoms with Crippen molar-refractivity contribution in [2.24, 2.45) is 0 Å². The van der Waals surface area contributed by atoms with E-state index in [-0.39, 0.29) is 5.75 Å². The first-order valence-corrected chi connectivity index (χ1v) is 6.17. The molecule has 3 N–H and O–H groups in total. The summed E-state index contributed by atoms with van der Waals surface area (Å²) in [6, 6.07) is 10.7. The lowest BCUT2D eigenvalue weighted by Gasteiger charge is -2.03. The summed E-state index contributed by atoms with van der Waals surface area (Å²) in [4.78, 5) is 4.45. The molecule has 1 aromatic carbocycles. The predicted octanol–water partition coefficient (Wildman–Crippen LogP) is 3.05. The maximum atomic E-state index is 9.53. The number of fused-ring (bicyclic) bond motifs is 1. The van der Waals surface area contributed by atoms with Gasteiger partial charge in [-0.1, -0.05) is 12.1 Å². The molecule has 0 fully saturated rings. The number of imidazole rings is 1. The fourth-order valence-corrected chi connectivity index (χ4v) is 2.56. The molecule has 4 nitrogen and oxygen atoms in total. The molecular weight excluding hydrogens is 294 g/mol. The van der Waals surface area contributed by atoms with Gasteiger partial charge in [-0.3, -0.25) is 4.40 Å². The van der Waals surface area contributed by atoms with E-state index in [0.29, 0.717) is 10.3 Å². The monoisotopic (exact) mass is 303 g/mol. The minimum Gasteiger partial charge on any atom is -0.508 e. The smallest absolute Gasteiger partial charge is 0.146 e. The first kappa shape index (κ1) is 11.1. The van der Waals surface area contributed by atoms with Crippen molar-refractivity contribution in [1.29, 1.82) is 0 Å². The van der Waals surface area contributed by atoms with Crippen LogP contribution >= 0.6 is 15.9 Å². The van der Waals surface area contributed by atoms with Crippen molar-refractivity contribution < 1.29 is 5.11 Å². The topological polar surface area (TPSA) is 63.5 Å². The molecule has 3 aromatic rings. The van der Waals surface area contributed by atoms with Crippen LogP contribution in [0, 0.1) is 0 Å². The van der Waals surface area contributed by atoms with Crippen molar-refractivity contribution in [3.8, 4) is 17.1 Å². The number of anilines is 1. The van der Waals surface area contributed by atoms with E-state index in [9.17, 15) is 5.11 Å². The van der Waals surface area contributed by atoms with Crippen molar-refractivity contribution in [3.05, 3.63) is 47.2 Å². The average Bonchev–Trinajstić information content (AvgIpc) is 2.68. The number of benzene rings is 1. The number of halogens is 1. The second-order valence-corrected chi connectivity index (χ2v) is 4.71. The van der Waals surface area contributed by atoms with Gasteiger partial charge in [-0.05, 0) is 40.2 Å². The van der Waals surface area contributed by atoms with Gasteiger partial charge in [-0.25, -0.2) is 4.98 Å². The fraction of sp³-hybridized carbons (Fsp3) is 0. The molecule has 2 aromatic heterocycles. The highest BCUT2D eigenvalue weighted by molar-refractivity contribution is 9.10. The Morgan fingerprint density at radius 2 is 2.06 bits per heavy atom. The van der Waals surface area contributed by atoms with Crippen LogP contribution in [-0.4, -0.2) is 14.5 Å². The third-order valence-corrected chi connectivity index (χ3v) is 3.31. The Morgan fingerprint density at radius 3 is 2.83 bits per heavy atom. The third-order valence-electron chi connectivity index (χ3n) is 2.76. The molecule has 0 saturated carbocycles. The Kier molecular flexibility index (Phi) is 2.48. The van der Waals surface area contributed by atoms with Gasteiger partial charge in [0.25, 0.3) is 0 Å². The van der Waals surface area contributed by atoms with Gasteiger partial charge in [0.1, 0.15) is 21.7 Å². The van der Waals surface area contributed by atoms with Gasteiger partial charge in [0.2, 0.25) is 0 Å². The van der Waals surface area contributed by atoms with Crippen LogP contribution in [0.4, 0.5) is 5.69 Å². The number of nitrogens with zero attached hydrogens (tertiary/aromatic N) is 2. The standard InChI is InChI=1S/C13H10BrN3O/c14-12-11-10(15)5-2-6-17(11)13(16-12)8-3-1-4-9(18)7-8/h1-7,18H,15H2. The van der Waals surface area contributed by atoms with E-state index in [2.05, 4.69) is 20.9 Å². The van der Waals surface area contributed by atoms with Gasteiger partial charge < -0.3 is 10.8 Å². The van der Waals surface area contributed by atoms with E-state index in [4.69, 9.17) is 5.73 Å². The van der Waals surface area contributed by atoms with Crippen LogP contribution in [0.15, 0.2) is 47.2 Å². The molecule has 0 aliphatic heterocycles. The van der Waals surface area contributed by atoms with Crippen LogP contribution < -0.4 is 5.73 Å². The highest BCUT2D eigenvalue weighted by Crippen LogP contribution is 2.30. The molecule has 0 amide bonds. The van der Waals surface area contributed by atoms with Crippen LogP contribution in [0.3, 0.4) is 0 Å². The van der Waals surface area contributed by atoms with Gasteiger partial charge in [0, 0.05) is 11.8 Å². The zero-order chi connectivity index (χ0) is 12.7. The minimum atomic E-state index is 0.212. The summed E-state index contributed by atoms with van der Waals surface area (Å²) in [6.45, 7) is 0. The fourth-order valence-electron chi connectivity index (χ4n) is 1.97. The van der Waals surface area contributed by atoms with E-state index < -0.39 is 0 Å². The Hall–Kier alpha value is -2.01. The highest BCUT2D eigenvalue weighted by Gasteiger charge is 2.12. The number of rotatable bonds is 1. The van der Waals surface area contributed by atoms with E-state index >= 15 is 0 Å².